The lowest BCUT2D eigenvalue weighted by atomic mass is 10.1. The number of benzene rings is 1. The summed E-state index contributed by atoms with van der Waals surface area (Å²) in [5, 5.41) is 3.36. The largest absolute Gasteiger partial charge is 0.399 e. The van der Waals surface area contributed by atoms with Gasteiger partial charge in [-0.1, -0.05) is 31.4 Å². The molecule has 1 saturated heterocycles. The number of nitrogens with one attached hydrogen (secondary N) is 1. The van der Waals surface area contributed by atoms with Crippen LogP contribution in [0, 0.1) is 0 Å². The van der Waals surface area contributed by atoms with E-state index in [9.17, 15) is 4.79 Å². The summed E-state index contributed by atoms with van der Waals surface area (Å²) < 4.78 is 0. The van der Waals surface area contributed by atoms with E-state index in [1.165, 1.54) is 25.7 Å². The number of hydrogen-bond acceptors (Lipinski definition) is 3. The number of nitrogens with zero attached hydrogens (tertiary/aromatic N) is 1. The van der Waals surface area contributed by atoms with Gasteiger partial charge in [0.2, 0.25) is 5.91 Å². The van der Waals surface area contributed by atoms with E-state index in [-0.39, 0.29) is 5.91 Å². The van der Waals surface area contributed by atoms with E-state index >= 15 is 0 Å². The lowest BCUT2D eigenvalue weighted by Crippen LogP contribution is -2.40. The van der Waals surface area contributed by atoms with E-state index in [4.69, 9.17) is 17.3 Å². The van der Waals surface area contributed by atoms with Crippen LogP contribution in [-0.2, 0) is 4.79 Å². The molecule has 5 heteroatoms. The number of nitrogen functional groups attached to an aromatic ring is 1. The molecule has 1 atom stereocenters. The molecule has 1 heterocycles. The Balaban J connectivity index is 1.96. The van der Waals surface area contributed by atoms with E-state index in [1.807, 2.05) is 0 Å². The number of nitrogens with two attached hydrogens (primary N) is 1. The van der Waals surface area contributed by atoms with Gasteiger partial charge in [-0.15, -0.1) is 0 Å². The van der Waals surface area contributed by atoms with Crippen molar-refractivity contribution in [2.24, 2.45) is 0 Å². The van der Waals surface area contributed by atoms with Crippen molar-refractivity contribution in [1.82, 2.24) is 4.90 Å². The molecule has 1 aromatic carbocycles. The van der Waals surface area contributed by atoms with E-state index in [0.29, 0.717) is 29.0 Å². The highest BCUT2D eigenvalue weighted by Crippen LogP contribution is 2.24. The van der Waals surface area contributed by atoms with Crippen molar-refractivity contribution in [3.63, 3.8) is 0 Å². The Morgan fingerprint density at radius 1 is 1.43 bits per heavy atom. The van der Waals surface area contributed by atoms with Crippen LogP contribution in [0.25, 0.3) is 0 Å². The average Bonchev–Trinajstić information content (AvgIpc) is 2.67. The van der Waals surface area contributed by atoms with Gasteiger partial charge in [-0.25, -0.2) is 0 Å². The van der Waals surface area contributed by atoms with E-state index in [1.54, 1.807) is 18.2 Å². The number of amides is 1. The SMILES string of the molecule is CCC1CCCCCN1CC(=O)Nc1ccc(N)cc1Cl. The maximum atomic E-state index is 12.2. The van der Waals surface area contributed by atoms with Crippen molar-refractivity contribution in [2.75, 3.05) is 24.1 Å². The normalized spacial score (nSPS) is 20.0. The highest BCUT2D eigenvalue weighted by molar-refractivity contribution is 6.34. The molecule has 0 aliphatic carbocycles. The zero-order valence-electron chi connectivity index (χ0n) is 12.6. The molecule has 1 fully saturated rings. The predicted octanol–water partition coefficient (Wildman–Crippen LogP) is 3.52. The zero-order chi connectivity index (χ0) is 15.2. The third-order valence-electron chi connectivity index (χ3n) is 4.08. The fraction of sp³-hybridized carbons (Fsp3) is 0.562. The van der Waals surface area contributed by atoms with E-state index in [0.717, 1.165) is 13.0 Å². The number of rotatable bonds is 4. The molecule has 21 heavy (non-hydrogen) atoms. The zero-order valence-corrected chi connectivity index (χ0v) is 13.3. The van der Waals surface area contributed by atoms with Gasteiger partial charge in [0.25, 0.3) is 0 Å². The van der Waals surface area contributed by atoms with Gasteiger partial charge in [-0.2, -0.15) is 0 Å². The van der Waals surface area contributed by atoms with E-state index in [2.05, 4.69) is 17.1 Å². The van der Waals surface area contributed by atoms with Crippen LogP contribution in [0.3, 0.4) is 0 Å². The molecular weight excluding hydrogens is 286 g/mol. The number of hydrogen-bond donors (Lipinski definition) is 2. The number of anilines is 2. The van der Waals surface area contributed by atoms with Crippen LogP contribution in [0.5, 0.6) is 0 Å². The van der Waals surface area contributed by atoms with Crippen molar-refractivity contribution >= 4 is 28.9 Å². The first-order valence-corrected chi connectivity index (χ1v) is 8.07. The Bertz CT molecular complexity index is 492. The minimum Gasteiger partial charge on any atom is -0.399 e. The Hall–Kier alpha value is -1.26. The number of carbonyl (C=O) groups is 1. The molecule has 0 spiro atoms. The van der Waals surface area contributed by atoms with E-state index < -0.39 is 0 Å². The second-order valence-electron chi connectivity index (χ2n) is 5.67. The topological polar surface area (TPSA) is 58.4 Å². The van der Waals surface area contributed by atoms with Gasteiger partial charge in [0.15, 0.2) is 0 Å². The van der Waals surface area contributed by atoms with Gasteiger partial charge >= 0.3 is 0 Å². The van der Waals surface area contributed by atoms with Gasteiger partial charge in [-0.3, -0.25) is 9.69 Å². The third kappa shape index (κ3) is 4.61. The molecule has 1 aromatic rings. The van der Waals surface area contributed by atoms with Crippen molar-refractivity contribution < 1.29 is 4.79 Å². The van der Waals surface area contributed by atoms with Crippen LogP contribution in [0.2, 0.25) is 5.02 Å². The molecule has 0 radical (unpaired) electrons. The molecular formula is C16H24ClN3O. The second-order valence-corrected chi connectivity index (χ2v) is 6.08. The van der Waals surface area contributed by atoms with Crippen LogP contribution in [0.1, 0.15) is 39.0 Å². The van der Waals surface area contributed by atoms with Crippen molar-refractivity contribution in [3.05, 3.63) is 23.2 Å². The Labute approximate surface area is 131 Å². The minimum atomic E-state index is -0.0120. The number of carbonyl (C=O) groups excluding carboxylic acids is 1. The smallest absolute Gasteiger partial charge is 0.238 e. The highest BCUT2D eigenvalue weighted by Gasteiger charge is 2.21. The van der Waals surface area contributed by atoms with Crippen LogP contribution >= 0.6 is 11.6 Å². The molecule has 1 amide bonds. The quantitative estimate of drug-likeness (QED) is 0.837. The second kappa shape index (κ2) is 7.66. The minimum absolute atomic E-state index is 0.0120. The molecule has 3 N–H and O–H groups in total. The first-order chi connectivity index (χ1) is 10.1. The number of likely N-dealkylation sites (tertiary alicyclic amines) is 1. The summed E-state index contributed by atoms with van der Waals surface area (Å²) in [6.45, 7) is 3.62. The van der Waals surface area contributed by atoms with Crippen LogP contribution in [0.15, 0.2) is 18.2 Å². The van der Waals surface area contributed by atoms with Gasteiger partial charge in [0.05, 0.1) is 17.3 Å². The molecule has 1 aliphatic rings. The van der Waals surface area contributed by atoms with Gasteiger partial charge in [0, 0.05) is 11.7 Å². The fourth-order valence-electron chi connectivity index (χ4n) is 2.91. The molecule has 2 rings (SSSR count). The van der Waals surface area contributed by atoms with Gasteiger partial charge < -0.3 is 11.1 Å². The monoisotopic (exact) mass is 309 g/mol. The summed E-state index contributed by atoms with van der Waals surface area (Å²) in [5.41, 5.74) is 6.87. The molecule has 0 aromatic heterocycles. The Kier molecular flexibility index (Phi) is 5.88. The van der Waals surface area contributed by atoms with Crippen LogP contribution < -0.4 is 11.1 Å². The fourth-order valence-corrected chi connectivity index (χ4v) is 3.15. The van der Waals surface area contributed by atoms with Crippen molar-refractivity contribution in [1.29, 1.82) is 0 Å². The predicted molar refractivity (Wildman–Crippen MR) is 88.6 cm³/mol. The Morgan fingerprint density at radius 3 is 2.95 bits per heavy atom. The summed E-state index contributed by atoms with van der Waals surface area (Å²) in [6.07, 6.45) is 5.98. The van der Waals surface area contributed by atoms with Gasteiger partial charge in [0.1, 0.15) is 0 Å². The first-order valence-electron chi connectivity index (χ1n) is 7.69. The molecule has 1 unspecified atom stereocenters. The molecule has 4 nitrogen and oxygen atoms in total. The summed E-state index contributed by atoms with van der Waals surface area (Å²) in [4.78, 5) is 14.5. The summed E-state index contributed by atoms with van der Waals surface area (Å²) in [7, 11) is 0. The standard InChI is InChI=1S/C16H24ClN3O/c1-2-13-6-4-3-5-9-20(13)11-16(21)19-15-8-7-12(18)10-14(15)17/h7-8,10,13H,2-6,9,11,18H2,1H3,(H,19,21). The maximum absolute atomic E-state index is 12.2. The molecule has 0 bridgehead atoms. The molecule has 116 valence electrons. The van der Waals surface area contributed by atoms with Gasteiger partial charge in [-0.05, 0) is 44.0 Å². The maximum Gasteiger partial charge on any atom is 0.238 e. The summed E-state index contributed by atoms with van der Waals surface area (Å²) in [5.74, 6) is -0.0120. The van der Waals surface area contributed by atoms with Crippen LogP contribution in [-0.4, -0.2) is 29.9 Å². The third-order valence-corrected chi connectivity index (χ3v) is 4.40. The number of halogens is 1. The lowest BCUT2D eigenvalue weighted by Gasteiger charge is -2.28. The first kappa shape index (κ1) is 16.1. The highest BCUT2D eigenvalue weighted by atomic mass is 35.5. The van der Waals surface area contributed by atoms with Crippen LogP contribution in [0.4, 0.5) is 11.4 Å². The molecule has 1 aliphatic heterocycles. The lowest BCUT2D eigenvalue weighted by molar-refractivity contribution is -0.117. The molecule has 0 saturated carbocycles. The Morgan fingerprint density at radius 2 is 2.24 bits per heavy atom. The van der Waals surface area contributed by atoms with Crippen molar-refractivity contribution in [3.8, 4) is 0 Å². The summed E-state index contributed by atoms with van der Waals surface area (Å²) >= 11 is 6.09. The average molecular weight is 310 g/mol. The summed E-state index contributed by atoms with van der Waals surface area (Å²) in [6, 6.07) is 5.65. The van der Waals surface area contributed by atoms with Crippen molar-refractivity contribution in [2.45, 2.75) is 45.1 Å².